The molecule has 2 amide bonds. The summed E-state index contributed by atoms with van der Waals surface area (Å²) in [4.78, 5) is 16.7. The average molecular weight is 374 g/mol. The van der Waals surface area contributed by atoms with Crippen LogP contribution in [0, 0.1) is 11.6 Å². The van der Waals surface area contributed by atoms with Crippen molar-refractivity contribution in [3.63, 3.8) is 0 Å². The van der Waals surface area contributed by atoms with E-state index in [1.807, 2.05) is 31.2 Å². The fourth-order valence-electron chi connectivity index (χ4n) is 3.09. The van der Waals surface area contributed by atoms with Crippen LogP contribution >= 0.6 is 0 Å². The minimum absolute atomic E-state index is 0.304. The Bertz CT molecular complexity index is 769. The number of carbonyl (C=O) groups excluding carboxylic acids is 1. The molecule has 0 aliphatic carbocycles. The van der Waals surface area contributed by atoms with Gasteiger partial charge >= 0.3 is 6.03 Å². The third-order valence-corrected chi connectivity index (χ3v) is 4.81. The number of rotatable bonds is 4. The Morgan fingerprint density at radius 1 is 1.00 bits per heavy atom. The highest BCUT2D eigenvalue weighted by atomic mass is 19.1. The number of halogens is 2. The standard InChI is InChI=1S/C20H24F2N4O/c1-14(23-20(27)24-19-17(21)4-3-5-18(19)22)15-6-8-16(9-7-15)26-12-10-25(2)11-13-26/h3-9,14H,10-13H2,1-2H3,(H2,23,24,27)/t14-/m1/s1. The first-order chi connectivity index (χ1) is 12.9. The molecule has 0 spiro atoms. The van der Waals surface area contributed by atoms with Crippen LogP contribution in [0.5, 0.6) is 0 Å². The molecule has 0 saturated carbocycles. The van der Waals surface area contributed by atoms with E-state index in [-0.39, 0.29) is 6.04 Å². The van der Waals surface area contributed by atoms with Crippen LogP contribution < -0.4 is 15.5 Å². The molecule has 2 N–H and O–H groups in total. The van der Waals surface area contributed by atoms with Gasteiger partial charge < -0.3 is 20.4 Å². The van der Waals surface area contributed by atoms with Gasteiger partial charge in [-0.05, 0) is 43.8 Å². The Balaban J connectivity index is 1.59. The van der Waals surface area contributed by atoms with Crippen LogP contribution in [0.2, 0.25) is 0 Å². The Hall–Kier alpha value is -2.67. The minimum Gasteiger partial charge on any atom is -0.369 e. The van der Waals surface area contributed by atoms with E-state index in [2.05, 4.69) is 27.5 Å². The SMILES string of the molecule is C[C@@H](NC(=O)Nc1c(F)cccc1F)c1ccc(N2CCN(C)CC2)cc1. The Kier molecular flexibility index (Phi) is 5.91. The number of amides is 2. The van der Waals surface area contributed by atoms with E-state index in [1.54, 1.807) is 0 Å². The fourth-order valence-corrected chi connectivity index (χ4v) is 3.09. The third kappa shape index (κ3) is 4.74. The highest BCUT2D eigenvalue weighted by Gasteiger charge is 2.16. The maximum absolute atomic E-state index is 13.6. The number of carbonyl (C=O) groups is 1. The predicted octanol–water partition coefficient (Wildman–Crippen LogP) is 3.60. The molecular formula is C20H24F2N4O. The lowest BCUT2D eigenvalue weighted by Gasteiger charge is -2.34. The van der Waals surface area contributed by atoms with Crippen LogP contribution in [0.3, 0.4) is 0 Å². The molecule has 1 saturated heterocycles. The molecule has 27 heavy (non-hydrogen) atoms. The van der Waals surface area contributed by atoms with Gasteiger partial charge in [0.1, 0.15) is 17.3 Å². The second kappa shape index (κ2) is 8.35. The fraction of sp³-hybridized carbons (Fsp3) is 0.350. The van der Waals surface area contributed by atoms with Crippen molar-refractivity contribution in [3.8, 4) is 0 Å². The molecule has 1 fully saturated rings. The molecule has 2 aromatic rings. The smallest absolute Gasteiger partial charge is 0.319 e. The normalized spacial score (nSPS) is 16.1. The first-order valence-corrected chi connectivity index (χ1v) is 8.99. The number of nitrogens with zero attached hydrogens (tertiary/aromatic N) is 2. The molecule has 1 aliphatic heterocycles. The summed E-state index contributed by atoms with van der Waals surface area (Å²) in [5.74, 6) is -1.62. The van der Waals surface area contributed by atoms with Gasteiger partial charge in [0.15, 0.2) is 0 Å². The molecule has 0 unspecified atom stereocenters. The van der Waals surface area contributed by atoms with Gasteiger partial charge in [-0.3, -0.25) is 0 Å². The number of nitrogens with one attached hydrogen (secondary N) is 2. The second-order valence-electron chi connectivity index (χ2n) is 6.80. The van der Waals surface area contributed by atoms with Crippen LogP contribution in [0.25, 0.3) is 0 Å². The zero-order valence-electron chi connectivity index (χ0n) is 15.5. The molecule has 1 atom stereocenters. The summed E-state index contributed by atoms with van der Waals surface area (Å²) in [5.41, 5.74) is 1.61. The summed E-state index contributed by atoms with van der Waals surface area (Å²) < 4.78 is 27.3. The van der Waals surface area contributed by atoms with Crippen molar-refractivity contribution in [1.82, 2.24) is 10.2 Å². The average Bonchev–Trinajstić information content (AvgIpc) is 2.65. The number of hydrogen-bond donors (Lipinski definition) is 2. The van der Waals surface area contributed by atoms with E-state index in [9.17, 15) is 13.6 Å². The van der Waals surface area contributed by atoms with Crippen LogP contribution in [0.15, 0.2) is 42.5 Å². The minimum atomic E-state index is -0.811. The van der Waals surface area contributed by atoms with Crippen molar-refractivity contribution in [2.24, 2.45) is 0 Å². The number of hydrogen-bond acceptors (Lipinski definition) is 3. The monoisotopic (exact) mass is 374 g/mol. The van der Waals surface area contributed by atoms with Crippen LogP contribution in [0.4, 0.5) is 25.0 Å². The molecule has 0 bridgehead atoms. The number of benzene rings is 2. The lowest BCUT2D eigenvalue weighted by molar-refractivity contribution is 0.249. The molecule has 0 radical (unpaired) electrons. The lowest BCUT2D eigenvalue weighted by atomic mass is 10.1. The number of anilines is 2. The predicted molar refractivity (Wildman–Crippen MR) is 103 cm³/mol. The lowest BCUT2D eigenvalue weighted by Crippen LogP contribution is -2.44. The molecule has 1 heterocycles. The summed E-state index contributed by atoms with van der Waals surface area (Å²) in [7, 11) is 2.12. The highest BCUT2D eigenvalue weighted by Crippen LogP contribution is 2.21. The van der Waals surface area contributed by atoms with E-state index in [0.717, 1.165) is 49.6 Å². The summed E-state index contributed by atoms with van der Waals surface area (Å²) >= 11 is 0. The van der Waals surface area contributed by atoms with Crippen LogP contribution in [-0.4, -0.2) is 44.2 Å². The van der Waals surface area contributed by atoms with Crippen molar-refractivity contribution in [1.29, 1.82) is 0 Å². The maximum Gasteiger partial charge on any atom is 0.319 e. The van der Waals surface area contributed by atoms with E-state index < -0.39 is 23.4 Å². The Labute approximate surface area is 158 Å². The third-order valence-electron chi connectivity index (χ3n) is 4.81. The highest BCUT2D eigenvalue weighted by molar-refractivity contribution is 5.89. The number of likely N-dealkylation sites (N-methyl/N-ethyl adjacent to an activating group) is 1. The number of urea groups is 1. The topological polar surface area (TPSA) is 47.6 Å². The van der Waals surface area contributed by atoms with Gasteiger partial charge in [0.2, 0.25) is 0 Å². The molecule has 0 aromatic heterocycles. The number of piperazine rings is 1. The first-order valence-electron chi connectivity index (χ1n) is 8.99. The molecule has 2 aromatic carbocycles. The largest absolute Gasteiger partial charge is 0.369 e. The zero-order valence-corrected chi connectivity index (χ0v) is 15.5. The Morgan fingerprint density at radius 2 is 1.59 bits per heavy atom. The van der Waals surface area contributed by atoms with Gasteiger partial charge in [0.05, 0.1) is 6.04 Å². The molecular weight excluding hydrogens is 350 g/mol. The van der Waals surface area contributed by atoms with Gasteiger partial charge in [0, 0.05) is 31.9 Å². The molecule has 144 valence electrons. The maximum atomic E-state index is 13.6. The van der Waals surface area contributed by atoms with Crippen molar-refractivity contribution in [2.45, 2.75) is 13.0 Å². The van der Waals surface area contributed by atoms with E-state index in [4.69, 9.17) is 0 Å². The molecule has 7 heteroatoms. The van der Waals surface area contributed by atoms with Gasteiger partial charge in [-0.15, -0.1) is 0 Å². The first kappa shape index (κ1) is 19.1. The van der Waals surface area contributed by atoms with E-state index >= 15 is 0 Å². The summed E-state index contributed by atoms with van der Waals surface area (Å²) in [6.45, 7) is 5.86. The van der Waals surface area contributed by atoms with Gasteiger partial charge in [-0.1, -0.05) is 18.2 Å². The van der Waals surface area contributed by atoms with Crippen LogP contribution in [0.1, 0.15) is 18.5 Å². The summed E-state index contributed by atoms with van der Waals surface area (Å²) in [6, 6.07) is 10.5. The van der Waals surface area contributed by atoms with Crippen molar-refractivity contribution in [2.75, 3.05) is 43.4 Å². The number of para-hydroxylation sites is 1. The van der Waals surface area contributed by atoms with E-state index in [0.29, 0.717) is 0 Å². The second-order valence-corrected chi connectivity index (χ2v) is 6.80. The van der Waals surface area contributed by atoms with Crippen molar-refractivity contribution >= 4 is 17.4 Å². The molecule has 5 nitrogen and oxygen atoms in total. The van der Waals surface area contributed by atoms with Gasteiger partial charge in [-0.25, -0.2) is 13.6 Å². The van der Waals surface area contributed by atoms with Gasteiger partial charge in [0.25, 0.3) is 0 Å². The summed E-state index contributed by atoms with van der Waals surface area (Å²) in [6.07, 6.45) is 0. The Morgan fingerprint density at radius 3 is 2.19 bits per heavy atom. The molecule has 1 aliphatic rings. The van der Waals surface area contributed by atoms with Crippen molar-refractivity contribution < 1.29 is 13.6 Å². The quantitative estimate of drug-likeness (QED) is 0.860. The van der Waals surface area contributed by atoms with Gasteiger partial charge in [-0.2, -0.15) is 0 Å². The van der Waals surface area contributed by atoms with Crippen molar-refractivity contribution in [3.05, 3.63) is 59.7 Å². The summed E-state index contributed by atoms with van der Waals surface area (Å²) in [5, 5.41) is 4.93. The van der Waals surface area contributed by atoms with E-state index in [1.165, 1.54) is 6.07 Å². The molecule has 3 rings (SSSR count). The van der Waals surface area contributed by atoms with Crippen LogP contribution in [-0.2, 0) is 0 Å². The zero-order chi connectivity index (χ0) is 19.4.